The van der Waals surface area contributed by atoms with Crippen LogP contribution in [0.2, 0.25) is 0 Å². The maximum atomic E-state index is 12.3. The first kappa shape index (κ1) is 14.9. The second-order valence-corrected chi connectivity index (χ2v) is 5.84. The number of benzene rings is 1. The Morgan fingerprint density at radius 2 is 2.05 bits per heavy atom. The van der Waals surface area contributed by atoms with E-state index in [0.29, 0.717) is 12.5 Å². The number of nitrogens with two attached hydrogens (primary N) is 1. The molecule has 1 unspecified atom stereocenters. The van der Waals surface area contributed by atoms with E-state index in [0.717, 1.165) is 31.6 Å². The van der Waals surface area contributed by atoms with Crippen molar-refractivity contribution in [3.8, 4) is 0 Å². The highest BCUT2D eigenvalue weighted by molar-refractivity contribution is 5.76. The van der Waals surface area contributed by atoms with Crippen LogP contribution in [-0.4, -0.2) is 48.9 Å². The molecule has 4 nitrogen and oxygen atoms in total. The van der Waals surface area contributed by atoms with Crippen LogP contribution in [0.1, 0.15) is 24.8 Å². The number of rotatable bonds is 4. The van der Waals surface area contributed by atoms with Crippen molar-refractivity contribution >= 4 is 11.6 Å². The van der Waals surface area contributed by atoms with Gasteiger partial charge in [-0.2, -0.15) is 0 Å². The predicted octanol–water partition coefficient (Wildman–Crippen LogP) is 1.75. The number of piperidine rings is 1. The minimum Gasteiger partial charge on any atom is -0.399 e. The molecule has 0 radical (unpaired) electrons. The van der Waals surface area contributed by atoms with E-state index in [1.54, 1.807) is 0 Å². The summed E-state index contributed by atoms with van der Waals surface area (Å²) in [6.45, 7) is 1.78. The lowest BCUT2D eigenvalue weighted by atomic mass is 10.0. The third kappa shape index (κ3) is 3.97. The van der Waals surface area contributed by atoms with Gasteiger partial charge in [-0.25, -0.2) is 0 Å². The molecule has 1 heterocycles. The molecule has 4 heteroatoms. The van der Waals surface area contributed by atoms with Crippen molar-refractivity contribution in [1.29, 1.82) is 0 Å². The molecule has 1 amide bonds. The Bertz CT molecular complexity index is 442. The normalized spacial score (nSPS) is 19.4. The molecule has 1 aromatic rings. The summed E-state index contributed by atoms with van der Waals surface area (Å²) in [6, 6.07) is 8.29. The second kappa shape index (κ2) is 6.75. The van der Waals surface area contributed by atoms with Crippen LogP contribution in [0.4, 0.5) is 5.69 Å². The summed E-state index contributed by atoms with van der Waals surface area (Å²) < 4.78 is 0. The number of nitrogens with zero attached hydrogens (tertiary/aromatic N) is 2. The average Bonchev–Trinajstić information content (AvgIpc) is 2.46. The molecule has 20 heavy (non-hydrogen) atoms. The molecule has 1 atom stereocenters. The summed E-state index contributed by atoms with van der Waals surface area (Å²) in [6.07, 6.45) is 3.68. The zero-order valence-electron chi connectivity index (χ0n) is 12.5. The molecule has 1 aliphatic rings. The van der Waals surface area contributed by atoms with E-state index in [1.807, 2.05) is 29.2 Å². The van der Waals surface area contributed by atoms with Crippen molar-refractivity contribution in [2.45, 2.75) is 31.7 Å². The van der Waals surface area contributed by atoms with Gasteiger partial charge in [0.15, 0.2) is 0 Å². The van der Waals surface area contributed by atoms with E-state index in [4.69, 9.17) is 5.73 Å². The zero-order valence-corrected chi connectivity index (χ0v) is 12.5. The SMILES string of the molecule is CN(C)C1CCCN(C(=O)CCc2ccc(N)cc2)C1. The lowest BCUT2D eigenvalue weighted by Crippen LogP contribution is -2.47. The van der Waals surface area contributed by atoms with Gasteiger partial charge in [0.1, 0.15) is 0 Å². The Balaban J connectivity index is 1.83. The van der Waals surface area contributed by atoms with E-state index >= 15 is 0 Å². The molecule has 1 fully saturated rings. The maximum absolute atomic E-state index is 12.3. The molecule has 0 bridgehead atoms. The highest BCUT2D eigenvalue weighted by Crippen LogP contribution is 2.15. The minimum atomic E-state index is 0.272. The van der Waals surface area contributed by atoms with Crippen LogP contribution in [0.3, 0.4) is 0 Å². The first-order valence-corrected chi connectivity index (χ1v) is 7.35. The van der Waals surface area contributed by atoms with Gasteiger partial charge in [0.05, 0.1) is 0 Å². The molecular formula is C16H25N3O. The third-order valence-electron chi connectivity index (χ3n) is 4.09. The fraction of sp³-hybridized carbons (Fsp3) is 0.562. The zero-order chi connectivity index (χ0) is 14.5. The van der Waals surface area contributed by atoms with E-state index in [1.165, 1.54) is 12.0 Å². The van der Waals surface area contributed by atoms with Gasteiger partial charge in [-0.1, -0.05) is 12.1 Å². The Labute approximate surface area is 121 Å². The number of aryl methyl sites for hydroxylation is 1. The Morgan fingerprint density at radius 1 is 1.35 bits per heavy atom. The summed E-state index contributed by atoms with van der Waals surface area (Å²) in [5, 5.41) is 0. The van der Waals surface area contributed by atoms with E-state index in [-0.39, 0.29) is 5.91 Å². The van der Waals surface area contributed by atoms with E-state index < -0.39 is 0 Å². The van der Waals surface area contributed by atoms with Crippen LogP contribution < -0.4 is 5.73 Å². The second-order valence-electron chi connectivity index (χ2n) is 5.84. The number of likely N-dealkylation sites (N-methyl/N-ethyl adjacent to an activating group) is 1. The molecule has 0 spiro atoms. The van der Waals surface area contributed by atoms with Crippen molar-refractivity contribution in [2.24, 2.45) is 0 Å². The largest absolute Gasteiger partial charge is 0.399 e. The molecule has 110 valence electrons. The van der Waals surface area contributed by atoms with Crippen LogP contribution >= 0.6 is 0 Å². The van der Waals surface area contributed by atoms with Gasteiger partial charge in [0.25, 0.3) is 0 Å². The van der Waals surface area contributed by atoms with Gasteiger partial charge in [0, 0.05) is 31.2 Å². The first-order chi connectivity index (χ1) is 9.56. The number of hydrogen-bond donors (Lipinski definition) is 1. The van der Waals surface area contributed by atoms with Crippen molar-refractivity contribution in [3.63, 3.8) is 0 Å². The standard InChI is InChI=1S/C16H25N3O/c1-18(2)15-4-3-11-19(12-15)16(20)10-7-13-5-8-14(17)9-6-13/h5-6,8-9,15H,3-4,7,10-12,17H2,1-2H3. The highest BCUT2D eigenvalue weighted by Gasteiger charge is 2.24. The van der Waals surface area contributed by atoms with Crippen molar-refractivity contribution in [3.05, 3.63) is 29.8 Å². The maximum Gasteiger partial charge on any atom is 0.222 e. The first-order valence-electron chi connectivity index (χ1n) is 7.35. The van der Waals surface area contributed by atoms with Crippen LogP contribution in [0.5, 0.6) is 0 Å². The minimum absolute atomic E-state index is 0.272. The Kier molecular flexibility index (Phi) is 5.01. The molecule has 0 aromatic heterocycles. The molecule has 0 aliphatic carbocycles. The Morgan fingerprint density at radius 3 is 2.70 bits per heavy atom. The molecule has 2 rings (SSSR count). The molecule has 1 aliphatic heterocycles. The number of amides is 1. The number of likely N-dealkylation sites (tertiary alicyclic amines) is 1. The van der Waals surface area contributed by atoms with Crippen LogP contribution in [0.25, 0.3) is 0 Å². The monoisotopic (exact) mass is 275 g/mol. The summed E-state index contributed by atoms with van der Waals surface area (Å²) >= 11 is 0. The number of carbonyl (C=O) groups excluding carboxylic acids is 1. The topological polar surface area (TPSA) is 49.6 Å². The lowest BCUT2D eigenvalue weighted by Gasteiger charge is -2.36. The van der Waals surface area contributed by atoms with Crippen molar-refractivity contribution < 1.29 is 4.79 Å². The molecular weight excluding hydrogens is 250 g/mol. The molecule has 2 N–H and O–H groups in total. The van der Waals surface area contributed by atoms with Gasteiger partial charge in [-0.3, -0.25) is 4.79 Å². The lowest BCUT2D eigenvalue weighted by molar-refractivity contribution is -0.133. The molecule has 1 aromatic carbocycles. The number of hydrogen-bond acceptors (Lipinski definition) is 3. The number of anilines is 1. The van der Waals surface area contributed by atoms with E-state index in [2.05, 4.69) is 19.0 Å². The van der Waals surface area contributed by atoms with E-state index in [9.17, 15) is 4.79 Å². The number of carbonyl (C=O) groups is 1. The average molecular weight is 275 g/mol. The van der Waals surface area contributed by atoms with Gasteiger partial charge >= 0.3 is 0 Å². The summed E-state index contributed by atoms with van der Waals surface area (Å²) in [4.78, 5) is 16.5. The van der Waals surface area contributed by atoms with Crippen molar-refractivity contribution in [1.82, 2.24) is 9.80 Å². The van der Waals surface area contributed by atoms with Gasteiger partial charge in [0.2, 0.25) is 5.91 Å². The van der Waals surface area contributed by atoms with Crippen LogP contribution in [0.15, 0.2) is 24.3 Å². The third-order valence-corrected chi connectivity index (χ3v) is 4.09. The summed E-state index contributed by atoms with van der Waals surface area (Å²) in [5.41, 5.74) is 7.61. The summed E-state index contributed by atoms with van der Waals surface area (Å²) in [7, 11) is 4.18. The fourth-order valence-corrected chi connectivity index (χ4v) is 2.70. The van der Waals surface area contributed by atoms with Crippen LogP contribution in [-0.2, 0) is 11.2 Å². The van der Waals surface area contributed by atoms with Gasteiger partial charge in [-0.15, -0.1) is 0 Å². The smallest absolute Gasteiger partial charge is 0.222 e. The Hall–Kier alpha value is -1.55. The summed E-state index contributed by atoms with van der Waals surface area (Å²) in [5.74, 6) is 0.272. The number of nitrogen functional groups attached to an aromatic ring is 1. The quantitative estimate of drug-likeness (QED) is 0.852. The van der Waals surface area contributed by atoms with Gasteiger partial charge in [-0.05, 0) is 51.1 Å². The van der Waals surface area contributed by atoms with Gasteiger partial charge < -0.3 is 15.5 Å². The fourth-order valence-electron chi connectivity index (χ4n) is 2.70. The predicted molar refractivity (Wildman–Crippen MR) is 82.5 cm³/mol. The molecule has 1 saturated heterocycles. The molecule has 0 saturated carbocycles. The van der Waals surface area contributed by atoms with Crippen molar-refractivity contribution in [2.75, 3.05) is 32.9 Å². The highest BCUT2D eigenvalue weighted by atomic mass is 16.2. The van der Waals surface area contributed by atoms with Crippen LogP contribution in [0, 0.1) is 0 Å².